The summed E-state index contributed by atoms with van der Waals surface area (Å²) < 4.78 is 33.1. The highest BCUT2D eigenvalue weighted by molar-refractivity contribution is 7.85. The number of anilines is 1. The minimum absolute atomic E-state index is 0.227. The van der Waals surface area contributed by atoms with E-state index in [9.17, 15) is 17.8 Å². The first-order valence-corrected chi connectivity index (χ1v) is 9.58. The molecule has 0 radical (unpaired) electrons. The van der Waals surface area contributed by atoms with E-state index in [2.05, 4.69) is 11.9 Å². The van der Waals surface area contributed by atoms with Crippen LogP contribution in [0.1, 0.15) is 27.2 Å². The van der Waals surface area contributed by atoms with Crippen molar-refractivity contribution in [1.29, 1.82) is 0 Å². The van der Waals surface area contributed by atoms with Gasteiger partial charge >= 0.3 is 0 Å². The molecule has 0 atom stereocenters. The Hall–Kier alpha value is -1.70. The molecule has 0 saturated carbocycles. The number of nitrogens with zero attached hydrogens (tertiary/aromatic N) is 1. The van der Waals surface area contributed by atoms with Gasteiger partial charge in [0.2, 0.25) is 0 Å². The number of amides is 1. The minimum Gasteiger partial charge on any atom is -0.748 e. The van der Waals surface area contributed by atoms with Gasteiger partial charge in [0.15, 0.2) is 0 Å². The SMILES string of the molecule is C=C(C)C(=O)Nc1ccc([N+](CC)(CC)CCCS(=O)(=O)[O-])cc1. The van der Waals surface area contributed by atoms with Crippen LogP contribution in [0.25, 0.3) is 0 Å². The number of benzene rings is 1. The van der Waals surface area contributed by atoms with Gasteiger partial charge in [-0.05, 0) is 32.9 Å². The Kier molecular flexibility index (Phi) is 7.13. The van der Waals surface area contributed by atoms with E-state index in [1.165, 1.54) is 0 Å². The fourth-order valence-electron chi connectivity index (χ4n) is 2.68. The molecule has 1 aromatic rings. The summed E-state index contributed by atoms with van der Waals surface area (Å²) in [5, 5.41) is 2.75. The smallest absolute Gasteiger partial charge is 0.250 e. The third-order valence-corrected chi connectivity index (χ3v) is 5.04. The van der Waals surface area contributed by atoms with Crippen LogP contribution in [0.4, 0.5) is 11.4 Å². The fraction of sp³-hybridized carbons (Fsp3) is 0.471. The lowest BCUT2D eigenvalue weighted by atomic mass is 10.2. The summed E-state index contributed by atoms with van der Waals surface area (Å²) in [4.78, 5) is 11.6. The minimum atomic E-state index is -4.19. The molecule has 0 fully saturated rings. The van der Waals surface area contributed by atoms with Crippen molar-refractivity contribution >= 4 is 27.4 Å². The van der Waals surface area contributed by atoms with Gasteiger partial charge in [-0.2, -0.15) is 0 Å². The molecule has 7 heteroatoms. The van der Waals surface area contributed by atoms with Crippen LogP contribution in [-0.4, -0.2) is 44.3 Å². The van der Waals surface area contributed by atoms with Gasteiger partial charge < -0.3 is 9.87 Å². The molecule has 0 aliphatic heterocycles. The number of carbonyl (C=O) groups excluding carboxylic acids is 1. The summed E-state index contributed by atoms with van der Waals surface area (Å²) in [7, 11) is -4.19. The van der Waals surface area contributed by atoms with E-state index in [0.29, 0.717) is 28.7 Å². The maximum absolute atomic E-state index is 11.6. The van der Waals surface area contributed by atoms with Gasteiger partial charge in [-0.1, -0.05) is 6.58 Å². The topological polar surface area (TPSA) is 86.3 Å². The van der Waals surface area contributed by atoms with Crippen molar-refractivity contribution in [3.63, 3.8) is 0 Å². The second kappa shape index (κ2) is 8.41. The molecule has 1 N–H and O–H groups in total. The predicted octanol–water partition coefficient (Wildman–Crippen LogP) is 2.48. The van der Waals surface area contributed by atoms with Gasteiger partial charge in [-0.3, -0.25) is 9.28 Å². The molecule has 0 saturated heterocycles. The number of hydrogen-bond acceptors (Lipinski definition) is 4. The van der Waals surface area contributed by atoms with E-state index in [-0.39, 0.29) is 11.7 Å². The lowest BCUT2D eigenvalue weighted by Gasteiger charge is -2.36. The third kappa shape index (κ3) is 5.74. The molecular weight excluding hydrogens is 328 g/mol. The number of hydrogen-bond donors (Lipinski definition) is 1. The first-order valence-electron chi connectivity index (χ1n) is 8.00. The summed E-state index contributed by atoms with van der Waals surface area (Å²) in [6, 6.07) is 7.48. The van der Waals surface area contributed by atoms with E-state index in [1.807, 2.05) is 38.1 Å². The Morgan fingerprint density at radius 1 is 1.21 bits per heavy atom. The summed E-state index contributed by atoms with van der Waals surface area (Å²) in [6.45, 7) is 11.5. The monoisotopic (exact) mass is 354 g/mol. The molecule has 0 unspecified atom stereocenters. The molecule has 0 aliphatic rings. The Bertz CT molecular complexity index is 677. The quantitative estimate of drug-likeness (QED) is 0.419. The van der Waals surface area contributed by atoms with Gasteiger partial charge in [0.25, 0.3) is 5.91 Å². The van der Waals surface area contributed by atoms with Crippen molar-refractivity contribution in [1.82, 2.24) is 4.48 Å². The van der Waals surface area contributed by atoms with Gasteiger partial charge in [0.05, 0.1) is 29.8 Å². The predicted molar refractivity (Wildman–Crippen MR) is 96.8 cm³/mol. The molecular formula is C17H26N2O4S. The standard InChI is InChI=1S/C17H26N2O4S/c1-5-19(6-2,12-7-13-24(21,22)23)16-10-8-15(9-11-16)18-17(20)14(3)4/h8-11H,3,5-7,12-13H2,1-2,4H3,(H-,18,20,21,22,23). The summed E-state index contributed by atoms with van der Waals surface area (Å²) in [5.41, 5.74) is 2.14. The van der Waals surface area contributed by atoms with Crippen molar-refractivity contribution in [2.45, 2.75) is 27.2 Å². The maximum Gasteiger partial charge on any atom is 0.250 e. The molecule has 1 rings (SSSR count). The maximum atomic E-state index is 11.6. The molecule has 134 valence electrons. The molecule has 1 aromatic carbocycles. The van der Waals surface area contributed by atoms with E-state index in [0.717, 1.165) is 18.8 Å². The Labute approximate surface area is 144 Å². The van der Waals surface area contributed by atoms with E-state index in [4.69, 9.17) is 0 Å². The van der Waals surface area contributed by atoms with Crippen molar-refractivity contribution in [2.75, 3.05) is 30.7 Å². The normalized spacial score (nSPS) is 12.0. The van der Waals surface area contributed by atoms with Crippen molar-refractivity contribution in [2.24, 2.45) is 0 Å². The molecule has 0 bridgehead atoms. The van der Waals surface area contributed by atoms with Crippen LogP contribution in [-0.2, 0) is 14.9 Å². The van der Waals surface area contributed by atoms with Crippen LogP contribution in [0.3, 0.4) is 0 Å². The lowest BCUT2D eigenvalue weighted by molar-refractivity contribution is -0.112. The molecule has 0 aromatic heterocycles. The average Bonchev–Trinajstić information content (AvgIpc) is 2.51. The number of nitrogens with one attached hydrogen (secondary N) is 1. The molecule has 1 amide bonds. The third-order valence-electron chi connectivity index (χ3n) is 4.25. The zero-order valence-electron chi connectivity index (χ0n) is 14.5. The summed E-state index contributed by atoms with van der Waals surface area (Å²) in [5.74, 6) is -0.574. The van der Waals surface area contributed by atoms with Gasteiger partial charge in [0, 0.05) is 35.6 Å². The zero-order chi connectivity index (χ0) is 18.4. The van der Waals surface area contributed by atoms with E-state index in [1.54, 1.807) is 6.92 Å². The Morgan fingerprint density at radius 3 is 2.17 bits per heavy atom. The first kappa shape index (κ1) is 20.3. The largest absolute Gasteiger partial charge is 0.748 e. The van der Waals surface area contributed by atoms with Gasteiger partial charge in [0.1, 0.15) is 5.69 Å². The number of rotatable bonds is 9. The highest BCUT2D eigenvalue weighted by atomic mass is 32.2. The molecule has 24 heavy (non-hydrogen) atoms. The highest BCUT2D eigenvalue weighted by Gasteiger charge is 2.26. The van der Waals surface area contributed by atoms with Crippen LogP contribution in [0.15, 0.2) is 36.4 Å². The zero-order valence-corrected chi connectivity index (χ0v) is 15.4. The second-order valence-corrected chi connectivity index (χ2v) is 7.42. The highest BCUT2D eigenvalue weighted by Crippen LogP contribution is 2.25. The van der Waals surface area contributed by atoms with E-state index < -0.39 is 10.1 Å². The van der Waals surface area contributed by atoms with Crippen molar-refractivity contribution < 1.29 is 17.8 Å². The van der Waals surface area contributed by atoms with E-state index >= 15 is 0 Å². The number of quaternary nitrogens is 1. The van der Waals surface area contributed by atoms with Gasteiger partial charge in [-0.25, -0.2) is 8.42 Å². The molecule has 0 heterocycles. The summed E-state index contributed by atoms with van der Waals surface area (Å²) in [6.07, 6.45) is 0.321. The van der Waals surface area contributed by atoms with Crippen LogP contribution < -0.4 is 9.80 Å². The number of carbonyl (C=O) groups is 1. The summed E-state index contributed by atoms with van der Waals surface area (Å²) >= 11 is 0. The average molecular weight is 354 g/mol. The molecule has 6 nitrogen and oxygen atoms in total. The second-order valence-electron chi connectivity index (χ2n) is 5.90. The lowest BCUT2D eigenvalue weighted by Crippen LogP contribution is -2.50. The van der Waals surface area contributed by atoms with Crippen LogP contribution in [0.5, 0.6) is 0 Å². The van der Waals surface area contributed by atoms with Crippen LogP contribution in [0, 0.1) is 0 Å². The fourth-order valence-corrected chi connectivity index (χ4v) is 3.16. The van der Waals surface area contributed by atoms with Crippen LogP contribution in [0.2, 0.25) is 0 Å². The molecule has 0 spiro atoms. The van der Waals surface area contributed by atoms with Crippen molar-refractivity contribution in [3.05, 3.63) is 36.4 Å². The van der Waals surface area contributed by atoms with Crippen LogP contribution >= 0.6 is 0 Å². The van der Waals surface area contributed by atoms with Gasteiger partial charge in [-0.15, -0.1) is 0 Å². The first-order chi connectivity index (χ1) is 11.1. The van der Waals surface area contributed by atoms with Crippen molar-refractivity contribution in [3.8, 4) is 0 Å². The Balaban J connectivity index is 2.91. The Morgan fingerprint density at radius 2 is 1.75 bits per heavy atom. The molecule has 0 aliphatic carbocycles.